The number of nitrogens with one attached hydrogen (secondary N) is 2. The van der Waals surface area contributed by atoms with Gasteiger partial charge in [-0.3, -0.25) is 5.32 Å². The van der Waals surface area contributed by atoms with Crippen LogP contribution in [-0.2, 0) is 16.0 Å². The van der Waals surface area contributed by atoms with Crippen molar-refractivity contribution in [3.8, 4) is 16.9 Å². The zero-order valence-electron chi connectivity index (χ0n) is 30.4. The third kappa shape index (κ3) is 18.4. The second-order valence-electron chi connectivity index (χ2n) is 10.7. The molecule has 0 spiro atoms. The number of anilines is 1. The van der Waals surface area contributed by atoms with E-state index in [4.69, 9.17) is 4.74 Å². The van der Waals surface area contributed by atoms with Crippen molar-refractivity contribution in [2.24, 2.45) is 5.92 Å². The van der Waals surface area contributed by atoms with E-state index in [0.29, 0.717) is 31.0 Å². The Bertz CT molecular complexity index is 1230. The first-order chi connectivity index (χ1) is 21.8. The number of hydrogen-bond donors (Lipinski definition) is 2. The number of ketones is 1. The number of ether oxygens (including phenoxy) is 2. The first kappa shape index (κ1) is 44.6. The summed E-state index contributed by atoms with van der Waals surface area (Å²) < 4.78 is 35.9. The summed E-state index contributed by atoms with van der Waals surface area (Å²) in [5.41, 5.74) is 4.44. The fourth-order valence-corrected chi connectivity index (χ4v) is 4.00. The molecule has 2 N–H and O–H groups in total. The Morgan fingerprint density at radius 2 is 1.52 bits per heavy atom. The fraction of sp³-hybridized carbons (Fsp3) is 0.611. The molecule has 1 aromatic carbocycles. The Morgan fingerprint density at radius 3 is 1.98 bits per heavy atom. The van der Waals surface area contributed by atoms with Gasteiger partial charge in [0.2, 0.25) is 11.9 Å². The molecule has 2 heterocycles. The highest BCUT2D eigenvalue weighted by Crippen LogP contribution is 2.31. The molecule has 0 unspecified atom stereocenters. The van der Waals surface area contributed by atoms with Crippen LogP contribution in [0.25, 0.3) is 22.3 Å². The summed E-state index contributed by atoms with van der Waals surface area (Å²) in [6, 6.07) is 8.11. The Labute approximate surface area is 276 Å². The molecule has 8 nitrogen and oxygen atoms in total. The van der Waals surface area contributed by atoms with Gasteiger partial charge < -0.3 is 19.3 Å². The van der Waals surface area contributed by atoms with E-state index in [0.717, 1.165) is 60.6 Å². The van der Waals surface area contributed by atoms with E-state index in [1.165, 1.54) is 27.4 Å². The van der Waals surface area contributed by atoms with Gasteiger partial charge in [0.25, 0.3) is 0 Å². The van der Waals surface area contributed by atoms with E-state index in [1.54, 1.807) is 6.20 Å². The van der Waals surface area contributed by atoms with Crippen molar-refractivity contribution in [3.05, 3.63) is 36.0 Å². The van der Waals surface area contributed by atoms with E-state index < -0.39 is 17.9 Å². The molecule has 0 saturated heterocycles. The second kappa shape index (κ2) is 25.6. The van der Waals surface area contributed by atoms with E-state index in [9.17, 15) is 18.4 Å². The molecule has 0 saturated carbocycles. The van der Waals surface area contributed by atoms with E-state index in [1.807, 2.05) is 45.9 Å². The first-order valence-electron chi connectivity index (χ1n) is 16.6. The lowest BCUT2D eigenvalue weighted by Crippen LogP contribution is -2.23. The third-order valence-corrected chi connectivity index (χ3v) is 5.97. The monoisotopic (exact) mass is 650 g/mol. The highest BCUT2D eigenvalue weighted by Gasteiger charge is 2.31. The van der Waals surface area contributed by atoms with Crippen LogP contribution in [0.15, 0.2) is 30.5 Å². The number of carbonyl (C=O) groups is 2. The Kier molecular flexibility index (Phi) is 24.8. The number of carbonyl (C=O) groups excluding carboxylic acids is 2. The summed E-state index contributed by atoms with van der Waals surface area (Å²) in [5.74, 6) is -1.49. The number of aromatic nitrogens is 3. The summed E-state index contributed by atoms with van der Waals surface area (Å²) >= 11 is 0. The number of amides is 1. The van der Waals surface area contributed by atoms with Crippen molar-refractivity contribution in [3.63, 3.8) is 0 Å². The number of hydrogen-bond acceptors (Lipinski definition) is 6. The number of nitrogens with zero attached hydrogens (tertiary/aromatic N) is 2. The van der Waals surface area contributed by atoms with Crippen LogP contribution >= 0.6 is 0 Å². The maximum Gasteiger partial charge on any atom is 0.413 e. The SMILES string of the molecule is CC.CC(C)=O.CCC.CCCC(CCC)C(C)(F)F.CCCOc1ccc(-c2cnc3nc(NC(=O)OC)[nH]c3c2)cc1CC. The number of alkyl halides is 2. The zero-order chi connectivity index (χ0) is 35.7. The molecule has 2 aromatic heterocycles. The maximum atomic E-state index is 12.8. The molecule has 3 rings (SSSR count). The lowest BCUT2D eigenvalue weighted by Gasteiger charge is -2.22. The number of imidazole rings is 1. The summed E-state index contributed by atoms with van der Waals surface area (Å²) in [7, 11) is 1.30. The molecule has 0 aliphatic rings. The molecule has 262 valence electrons. The van der Waals surface area contributed by atoms with Gasteiger partial charge in [0, 0.05) is 17.7 Å². The van der Waals surface area contributed by atoms with Gasteiger partial charge in [-0.25, -0.2) is 18.6 Å². The number of aryl methyl sites for hydroxylation is 1. The van der Waals surface area contributed by atoms with Crippen molar-refractivity contribution in [2.75, 3.05) is 19.0 Å². The average molecular weight is 651 g/mol. The van der Waals surface area contributed by atoms with Gasteiger partial charge in [-0.1, -0.05) is 80.7 Å². The number of halogens is 2. The van der Waals surface area contributed by atoms with Gasteiger partial charge in [-0.05, 0) is 75.8 Å². The van der Waals surface area contributed by atoms with E-state index in [-0.39, 0.29) is 5.78 Å². The molecule has 10 heteroatoms. The molecule has 46 heavy (non-hydrogen) atoms. The topological polar surface area (TPSA) is 106 Å². The van der Waals surface area contributed by atoms with Crippen LogP contribution in [0, 0.1) is 5.92 Å². The minimum atomic E-state index is -2.48. The molecule has 0 atom stereocenters. The van der Waals surface area contributed by atoms with Crippen LogP contribution in [-0.4, -0.2) is 46.5 Å². The molecule has 0 fully saturated rings. The van der Waals surface area contributed by atoms with Gasteiger partial charge in [0.05, 0.1) is 19.2 Å². The predicted octanol–water partition coefficient (Wildman–Crippen LogP) is 11.1. The predicted molar refractivity (Wildman–Crippen MR) is 188 cm³/mol. The summed E-state index contributed by atoms with van der Waals surface area (Å²) in [6.45, 7) is 21.2. The van der Waals surface area contributed by atoms with Crippen molar-refractivity contribution in [1.82, 2.24) is 15.0 Å². The quantitative estimate of drug-likeness (QED) is 0.214. The largest absolute Gasteiger partial charge is 0.493 e. The summed E-state index contributed by atoms with van der Waals surface area (Å²) in [5, 5.41) is 2.50. The zero-order valence-corrected chi connectivity index (χ0v) is 30.4. The minimum Gasteiger partial charge on any atom is -0.493 e. The van der Waals surface area contributed by atoms with Crippen molar-refractivity contribution >= 4 is 29.0 Å². The number of aromatic amines is 1. The average Bonchev–Trinajstić information content (AvgIpc) is 3.42. The number of H-pyrrole nitrogens is 1. The first-order valence-corrected chi connectivity index (χ1v) is 16.6. The Hall–Kier alpha value is -3.56. The third-order valence-electron chi connectivity index (χ3n) is 5.97. The van der Waals surface area contributed by atoms with Crippen LogP contribution in [0.4, 0.5) is 19.5 Å². The second-order valence-corrected chi connectivity index (χ2v) is 10.7. The normalized spacial score (nSPS) is 10.2. The van der Waals surface area contributed by atoms with Crippen LogP contribution in [0.2, 0.25) is 0 Å². The van der Waals surface area contributed by atoms with Gasteiger partial charge in [-0.2, -0.15) is 4.98 Å². The lowest BCUT2D eigenvalue weighted by atomic mass is 9.93. The van der Waals surface area contributed by atoms with E-state index in [2.05, 4.69) is 58.8 Å². The summed E-state index contributed by atoms with van der Waals surface area (Å²) in [4.78, 5) is 32.4. The molecular weight excluding hydrogens is 590 g/mol. The van der Waals surface area contributed by atoms with Crippen molar-refractivity contribution in [2.45, 2.75) is 127 Å². The Morgan fingerprint density at radius 1 is 0.957 bits per heavy atom. The number of rotatable bonds is 11. The molecule has 0 aliphatic carbocycles. The highest BCUT2D eigenvalue weighted by molar-refractivity contribution is 5.86. The summed E-state index contributed by atoms with van der Waals surface area (Å²) in [6.07, 6.45) is 7.32. The Balaban J connectivity index is 0. The number of fused-ring (bicyclic) bond motifs is 1. The van der Waals surface area contributed by atoms with Gasteiger partial charge in [0.15, 0.2) is 5.65 Å². The van der Waals surface area contributed by atoms with Gasteiger partial charge in [-0.15, -0.1) is 0 Å². The van der Waals surface area contributed by atoms with Crippen LogP contribution < -0.4 is 10.1 Å². The van der Waals surface area contributed by atoms with Crippen molar-refractivity contribution in [1.29, 1.82) is 0 Å². The van der Waals surface area contributed by atoms with Crippen LogP contribution in [0.5, 0.6) is 5.75 Å². The van der Waals surface area contributed by atoms with Gasteiger partial charge >= 0.3 is 6.09 Å². The minimum absolute atomic E-state index is 0.167. The standard InChI is InChI=1S/C19H22N4O3.C9H18F2.C3H6O.C3H8.C2H6/c1-4-8-26-16-7-6-13(9-12(16)5-2)14-10-15-17(20-11-14)22-18(21-15)23-19(24)25-3;1-4-6-8(7-5-2)9(3,10)11;1-3(2)4;1-3-2;1-2/h6-7,9-11H,4-5,8H2,1-3H3,(H2,20,21,22,23,24);8H,4-7H2,1-3H3;1-2H3;3H2,1-2H3;1-2H3. The van der Waals surface area contributed by atoms with Gasteiger partial charge in [0.1, 0.15) is 11.5 Å². The fourth-order valence-electron chi connectivity index (χ4n) is 4.00. The molecular formula is C36H60F2N4O4. The highest BCUT2D eigenvalue weighted by atomic mass is 19.3. The van der Waals surface area contributed by atoms with Crippen LogP contribution in [0.3, 0.4) is 0 Å². The maximum absolute atomic E-state index is 12.8. The molecule has 1 amide bonds. The van der Waals surface area contributed by atoms with Crippen molar-refractivity contribution < 1.29 is 27.8 Å². The number of benzene rings is 1. The smallest absolute Gasteiger partial charge is 0.413 e. The molecule has 0 aliphatic heterocycles. The molecule has 3 aromatic rings. The number of methoxy groups -OCH3 is 1. The van der Waals surface area contributed by atoms with Crippen LogP contribution in [0.1, 0.15) is 120 Å². The molecule has 0 bridgehead atoms. The number of Topliss-reactive ketones (excluding diaryl/α,β-unsaturated/α-hetero) is 1. The lowest BCUT2D eigenvalue weighted by molar-refractivity contribution is -0.115. The van der Waals surface area contributed by atoms with E-state index >= 15 is 0 Å². The molecule has 0 radical (unpaired) electrons. The number of pyridine rings is 1.